The second kappa shape index (κ2) is 7.07. The van der Waals surface area contributed by atoms with Crippen LogP contribution in [0.2, 0.25) is 0 Å². The van der Waals surface area contributed by atoms with Crippen molar-refractivity contribution >= 4 is 17.5 Å². The summed E-state index contributed by atoms with van der Waals surface area (Å²) >= 11 is 0. The van der Waals surface area contributed by atoms with E-state index in [9.17, 15) is 9.59 Å². The smallest absolute Gasteiger partial charge is 0.228 e. The number of carbonyl (C=O) groups excluding carboxylic acids is 2. The van der Waals surface area contributed by atoms with Gasteiger partial charge in [0.25, 0.3) is 0 Å². The summed E-state index contributed by atoms with van der Waals surface area (Å²) in [6.07, 6.45) is 1.26. The van der Waals surface area contributed by atoms with Crippen LogP contribution in [0, 0.1) is 5.92 Å². The molecule has 27 heavy (non-hydrogen) atoms. The summed E-state index contributed by atoms with van der Waals surface area (Å²) in [6, 6.07) is 7.82. The van der Waals surface area contributed by atoms with Gasteiger partial charge in [-0.25, -0.2) is 0 Å². The van der Waals surface area contributed by atoms with E-state index in [2.05, 4.69) is 25.5 Å². The maximum Gasteiger partial charge on any atom is 0.228 e. The Kier molecular flexibility index (Phi) is 4.61. The lowest BCUT2D eigenvalue weighted by molar-refractivity contribution is -0.134. The highest BCUT2D eigenvalue weighted by molar-refractivity contribution is 6.00. The van der Waals surface area contributed by atoms with E-state index in [-0.39, 0.29) is 24.2 Å². The average Bonchev–Trinajstić information content (AvgIpc) is 3.41. The van der Waals surface area contributed by atoms with Gasteiger partial charge in [-0.05, 0) is 50.0 Å². The summed E-state index contributed by atoms with van der Waals surface area (Å²) in [5, 5.41) is 13.9. The molecule has 9 heteroatoms. The minimum atomic E-state index is -0.268. The van der Waals surface area contributed by atoms with E-state index in [0.29, 0.717) is 18.4 Å². The van der Waals surface area contributed by atoms with Gasteiger partial charge in [0, 0.05) is 43.3 Å². The summed E-state index contributed by atoms with van der Waals surface area (Å²) in [7, 11) is 4.08. The van der Waals surface area contributed by atoms with Gasteiger partial charge < -0.3 is 14.7 Å². The Morgan fingerprint density at radius 1 is 1.22 bits per heavy atom. The molecular formula is C18H23N7O2. The summed E-state index contributed by atoms with van der Waals surface area (Å²) < 4.78 is 0. The van der Waals surface area contributed by atoms with Gasteiger partial charge >= 0.3 is 0 Å². The highest BCUT2D eigenvalue weighted by atomic mass is 16.2. The van der Waals surface area contributed by atoms with Crippen LogP contribution >= 0.6 is 0 Å². The molecule has 4 rings (SSSR count). The maximum atomic E-state index is 12.8. The van der Waals surface area contributed by atoms with Crippen LogP contribution in [0.5, 0.6) is 0 Å². The third-order valence-electron chi connectivity index (χ3n) is 5.46. The van der Waals surface area contributed by atoms with Gasteiger partial charge in [0.15, 0.2) is 0 Å². The average molecular weight is 369 g/mol. The second-order valence-electron chi connectivity index (χ2n) is 7.38. The highest BCUT2D eigenvalue weighted by Crippen LogP contribution is 2.29. The standard InChI is InChI=1S/C18H23N7O2/c1-23(2)15-7-8-24(11-15)18(27)13-9-16(26)25(10-13)14-5-3-12(4-6-14)17-19-21-22-20-17/h3-6,13,15H,7-11H2,1-2H3,(H,19,20,21,22)/t13?,15-/m1/s1. The van der Waals surface area contributed by atoms with E-state index in [1.807, 2.05) is 43.3 Å². The van der Waals surface area contributed by atoms with Crippen LogP contribution in [-0.2, 0) is 9.59 Å². The fraction of sp³-hybridized carbons (Fsp3) is 0.500. The SMILES string of the molecule is CN(C)[C@@H]1CCN(C(=O)C2CC(=O)N(c3ccc(-c4nn[nH]n4)cc3)C2)C1. The summed E-state index contributed by atoms with van der Waals surface area (Å²) in [4.78, 5) is 31.1. The molecule has 0 saturated carbocycles. The summed E-state index contributed by atoms with van der Waals surface area (Å²) in [6.45, 7) is 1.95. The largest absolute Gasteiger partial charge is 0.341 e. The fourth-order valence-corrected chi connectivity index (χ4v) is 3.82. The molecule has 1 aromatic heterocycles. The minimum absolute atomic E-state index is 0.0102. The van der Waals surface area contributed by atoms with Crippen molar-refractivity contribution in [2.75, 3.05) is 38.6 Å². The van der Waals surface area contributed by atoms with E-state index >= 15 is 0 Å². The van der Waals surface area contributed by atoms with Gasteiger partial charge in [-0.1, -0.05) is 0 Å². The summed E-state index contributed by atoms with van der Waals surface area (Å²) in [5.41, 5.74) is 1.61. The Labute approximate surface area is 157 Å². The highest BCUT2D eigenvalue weighted by Gasteiger charge is 2.39. The quantitative estimate of drug-likeness (QED) is 0.837. The van der Waals surface area contributed by atoms with Gasteiger partial charge in [0.1, 0.15) is 0 Å². The van der Waals surface area contributed by atoms with Crippen LogP contribution in [0.25, 0.3) is 11.4 Å². The van der Waals surface area contributed by atoms with Crippen LogP contribution in [-0.4, -0.2) is 82.0 Å². The van der Waals surface area contributed by atoms with Crippen molar-refractivity contribution in [1.82, 2.24) is 30.4 Å². The van der Waals surface area contributed by atoms with Gasteiger partial charge in [0.2, 0.25) is 17.6 Å². The molecule has 2 aliphatic rings. The molecule has 1 aromatic carbocycles. The zero-order valence-electron chi connectivity index (χ0n) is 15.5. The molecule has 0 aliphatic carbocycles. The number of carbonyl (C=O) groups is 2. The van der Waals surface area contributed by atoms with E-state index in [0.717, 1.165) is 30.8 Å². The van der Waals surface area contributed by atoms with Crippen molar-refractivity contribution in [3.63, 3.8) is 0 Å². The topological polar surface area (TPSA) is 98.3 Å². The van der Waals surface area contributed by atoms with Crippen molar-refractivity contribution in [1.29, 1.82) is 0 Å². The number of hydrogen-bond acceptors (Lipinski definition) is 6. The van der Waals surface area contributed by atoms with Crippen molar-refractivity contribution < 1.29 is 9.59 Å². The molecule has 142 valence electrons. The maximum absolute atomic E-state index is 12.8. The predicted octanol–water partition coefficient (Wildman–Crippen LogP) is 0.382. The van der Waals surface area contributed by atoms with Crippen molar-refractivity contribution in [2.45, 2.75) is 18.9 Å². The molecular weight excluding hydrogens is 346 g/mol. The molecule has 1 N–H and O–H groups in total. The molecule has 0 bridgehead atoms. The van der Waals surface area contributed by atoms with E-state index in [1.165, 1.54) is 0 Å². The van der Waals surface area contributed by atoms with Crippen LogP contribution in [0.4, 0.5) is 5.69 Å². The Bertz CT molecular complexity index is 819. The van der Waals surface area contributed by atoms with Crippen molar-refractivity contribution in [3.8, 4) is 11.4 Å². The molecule has 2 aromatic rings. The predicted molar refractivity (Wildman–Crippen MR) is 98.7 cm³/mol. The number of tetrazole rings is 1. The Balaban J connectivity index is 1.42. The fourth-order valence-electron chi connectivity index (χ4n) is 3.82. The lowest BCUT2D eigenvalue weighted by Gasteiger charge is -2.23. The lowest BCUT2D eigenvalue weighted by Crippen LogP contribution is -2.38. The molecule has 1 unspecified atom stereocenters. The number of benzene rings is 1. The number of rotatable bonds is 4. The van der Waals surface area contributed by atoms with Crippen molar-refractivity contribution in [2.24, 2.45) is 5.92 Å². The zero-order valence-corrected chi connectivity index (χ0v) is 15.5. The van der Waals surface area contributed by atoms with E-state index in [1.54, 1.807) is 4.90 Å². The second-order valence-corrected chi connectivity index (χ2v) is 7.38. The lowest BCUT2D eigenvalue weighted by atomic mass is 10.1. The first kappa shape index (κ1) is 17.6. The normalized spacial score (nSPS) is 22.9. The number of nitrogens with one attached hydrogen (secondary N) is 1. The molecule has 2 atom stereocenters. The number of anilines is 1. The van der Waals surface area contributed by atoms with Crippen LogP contribution in [0.15, 0.2) is 24.3 Å². The number of amides is 2. The Morgan fingerprint density at radius 3 is 2.63 bits per heavy atom. The molecule has 2 fully saturated rings. The van der Waals surface area contributed by atoms with E-state index < -0.39 is 0 Å². The minimum Gasteiger partial charge on any atom is -0.341 e. The van der Waals surface area contributed by atoms with Gasteiger partial charge in [-0.15, -0.1) is 10.2 Å². The van der Waals surface area contributed by atoms with Gasteiger partial charge in [-0.2, -0.15) is 5.21 Å². The third kappa shape index (κ3) is 3.42. The first-order valence-corrected chi connectivity index (χ1v) is 9.12. The monoisotopic (exact) mass is 369 g/mol. The molecule has 2 saturated heterocycles. The van der Waals surface area contributed by atoms with Gasteiger partial charge in [0.05, 0.1) is 5.92 Å². The number of likely N-dealkylation sites (tertiary alicyclic amines) is 1. The molecule has 2 aliphatic heterocycles. The first-order valence-electron chi connectivity index (χ1n) is 9.12. The van der Waals surface area contributed by atoms with Crippen LogP contribution in [0.1, 0.15) is 12.8 Å². The van der Waals surface area contributed by atoms with E-state index in [4.69, 9.17) is 0 Å². The number of likely N-dealkylation sites (N-methyl/N-ethyl adjacent to an activating group) is 1. The molecule has 9 nitrogen and oxygen atoms in total. The Morgan fingerprint density at radius 2 is 2.00 bits per heavy atom. The number of H-pyrrole nitrogens is 1. The van der Waals surface area contributed by atoms with Crippen molar-refractivity contribution in [3.05, 3.63) is 24.3 Å². The number of aromatic amines is 1. The molecule has 0 spiro atoms. The Hall–Kier alpha value is -2.81. The molecule has 3 heterocycles. The number of hydrogen-bond donors (Lipinski definition) is 1. The molecule has 0 radical (unpaired) electrons. The first-order chi connectivity index (χ1) is 13.0. The summed E-state index contributed by atoms with van der Waals surface area (Å²) in [5.74, 6) is 0.324. The van der Waals surface area contributed by atoms with Gasteiger partial charge in [-0.3, -0.25) is 9.59 Å². The number of nitrogens with zero attached hydrogens (tertiary/aromatic N) is 6. The van der Waals surface area contributed by atoms with Crippen LogP contribution in [0.3, 0.4) is 0 Å². The number of aromatic nitrogens is 4. The molecule has 2 amide bonds. The van der Waals surface area contributed by atoms with Crippen LogP contribution < -0.4 is 4.90 Å². The third-order valence-corrected chi connectivity index (χ3v) is 5.46. The zero-order chi connectivity index (χ0) is 19.0.